The molecular formula is C13H16N2O. The van der Waals surface area contributed by atoms with E-state index in [1.54, 1.807) is 12.1 Å². The number of nitriles is 1. The van der Waals surface area contributed by atoms with Crippen LogP contribution in [0.5, 0.6) is 5.75 Å². The summed E-state index contributed by atoms with van der Waals surface area (Å²) in [5.41, 5.74) is 1.31. The zero-order valence-corrected chi connectivity index (χ0v) is 9.62. The summed E-state index contributed by atoms with van der Waals surface area (Å²) in [6, 6.07) is 7.65. The molecule has 0 bridgehead atoms. The van der Waals surface area contributed by atoms with Crippen LogP contribution in [0.1, 0.15) is 38.2 Å². The van der Waals surface area contributed by atoms with Gasteiger partial charge in [0.15, 0.2) is 0 Å². The topological polar surface area (TPSA) is 56.0 Å². The average Bonchev–Trinajstić information content (AvgIpc) is 3.04. The molecule has 0 atom stereocenters. The summed E-state index contributed by atoms with van der Waals surface area (Å²) in [5, 5.41) is 21.8. The van der Waals surface area contributed by atoms with Gasteiger partial charge in [-0.25, -0.2) is 0 Å². The van der Waals surface area contributed by atoms with E-state index in [4.69, 9.17) is 5.26 Å². The van der Waals surface area contributed by atoms with E-state index in [0.29, 0.717) is 11.7 Å². The van der Waals surface area contributed by atoms with E-state index in [2.05, 4.69) is 11.4 Å². The van der Waals surface area contributed by atoms with Crippen molar-refractivity contribution in [2.75, 3.05) is 5.32 Å². The van der Waals surface area contributed by atoms with Crippen LogP contribution < -0.4 is 5.32 Å². The van der Waals surface area contributed by atoms with E-state index in [1.807, 2.05) is 19.9 Å². The molecule has 84 valence electrons. The van der Waals surface area contributed by atoms with Crippen molar-refractivity contribution in [3.05, 3.63) is 23.8 Å². The van der Waals surface area contributed by atoms with Crippen LogP contribution in [0.2, 0.25) is 0 Å². The van der Waals surface area contributed by atoms with Gasteiger partial charge in [-0.2, -0.15) is 5.26 Å². The summed E-state index contributed by atoms with van der Waals surface area (Å²) in [4.78, 5) is 0. The van der Waals surface area contributed by atoms with Gasteiger partial charge in [0.1, 0.15) is 11.3 Å². The molecule has 0 aliphatic heterocycles. The Morgan fingerprint density at radius 2 is 2.12 bits per heavy atom. The molecule has 0 radical (unpaired) electrons. The van der Waals surface area contributed by atoms with E-state index in [9.17, 15) is 5.11 Å². The number of rotatable bonds is 3. The Kier molecular flexibility index (Phi) is 2.51. The van der Waals surface area contributed by atoms with Gasteiger partial charge in [0, 0.05) is 5.69 Å². The van der Waals surface area contributed by atoms with E-state index >= 15 is 0 Å². The van der Waals surface area contributed by atoms with Gasteiger partial charge in [-0.05, 0) is 56.4 Å². The molecule has 1 saturated carbocycles. The lowest BCUT2D eigenvalue weighted by Crippen LogP contribution is -2.28. The van der Waals surface area contributed by atoms with Crippen molar-refractivity contribution in [2.45, 2.75) is 38.1 Å². The molecule has 1 aromatic rings. The van der Waals surface area contributed by atoms with Crippen molar-refractivity contribution in [3.63, 3.8) is 0 Å². The van der Waals surface area contributed by atoms with Crippen LogP contribution in [0, 0.1) is 11.3 Å². The van der Waals surface area contributed by atoms with E-state index in [-0.39, 0.29) is 0 Å². The minimum atomic E-state index is -0.586. The molecular weight excluding hydrogens is 200 g/mol. The fourth-order valence-electron chi connectivity index (χ4n) is 1.74. The summed E-state index contributed by atoms with van der Waals surface area (Å²) in [6.45, 7) is 3.66. The molecule has 0 spiro atoms. The zero-order valence-electron chi connectivity index (χ0n) is 9.62. The third kappa shape index (κ3) is 2.27. The van der Waals surface area contributed by atoms with E-state index in [0.717, 1.165) is 24.1 Å². The first-order valence-electron chi connectivity index (χ1n) is 5.54. The molecule has 3 nitrogen and oxygen atoms in total. The first kappa shape index (κ1) is 10.8. The van der Waals surface area contributed by atoms with Crippen molar-refractivity contribution < 1.29 is 5.11 Å². The Balaban J connectivity index is 2.23. The van der Waals surface area contributed by atoms with Gasteiger partial charge in [0.05, 0.1) is 6.07 Å². The lowest BCUT2D eigenvalue weighted by Gasteiger charge is -2.19. The first-order chi connectivity index (χ1) is 7.52. The molecule has 1 fully saturated rings. The highest BCUT2D eigenvalue weighted by molar-refractivity contribution is 5.54. The molecule has 3 heteroatoms. The summed E-state index contributed by atoms with van der Waals surface area (Å²) >= 11 is 0. The maximum Gasteiger partial charge on any atom is 0.119 e. The van der Waals surface area contributed by atoms with Gasteiger partial charge >= 0.3 is 0 Å². The van der Waals surface area contributed by atoms with Crippen LogP contribution in [-0.2, 0) is 0 Å². The highest BCUT2D eigenvalue weighted by Crippen LogP contribution is 2.44. The van der Waals surface area contributed by atoms with Gasteiger partial charge in [-0.1, -0.05) is 0 Å². The normalized spacial score (nSPS) is 15.6. The number of phenolic OH excluding ortho intramolecular Hbond substituents is 1. The maximum atomic E-state index is 9.71. The van der Waals surface area contributed by atoms with Crippen molar-refractivity contribution in [2.24, 2.45) is 0 Å². The molecule has 16 heavy (non-hydrogen) atoms. The molecule has 0 saturated heterocycles. The van der Waals surface area contributed by atoms with Crippen LogP contribution in [0.4, 0.5) is 5.69 Å². The standard InChI is InChI=1S/C13H16N2O/c1-13(2,8-14)15-10-5-6-12(16)11(7-10)9-3-4-9/h5-7,9,15-16H,3-4H2,1-2H3. The molecule has 0 heterocycles. The fourth-order valence-corrected chi connectivity index (χ4v) is 1.74. The van der Waals surface area contributed by atoms with Crippen LogP contribution >= 0.6 is 0 Å². The second kappa shape index (κ2) is 3.71. The van der Waals surface area contributed by atoms with Crippen LogP contribution in [0.15, 0.2) is 18.2 Å². The predicted molar refractivity (Wildman–Crippen MR) is 63.4 cm³/mol. The largest absolute Gasteiger partial charge is 0.508 e. The molecule has 2 N–H and O–H groups in total. The van der Waals surface area contributed by atoms with Crippen molar-refractivity contribution in [1.29, 1.82) is 5.26 Å². The number of anilines is 1. The van der Waals surface area contributed by atoms with Gasteiger partial charge in [0.2, 0.25) is 0 Å². The summed E-state index contributed by atoms with van der Waals surface area (Å²) in [6.07, 6.45) is 2.30. The Bertz CT molecular complexity index is 442. The quantitative estimate of drug-likeness (QED) is 0.764. The third-order valence-electron chi connectivity index (χ3n) is 2.78. The van der Waals surface area contributed by atoms with Crippen molar-refractivity contribution in [3.8, 4) is 11.8 Å². The molecule has 1 aliphatic rings. The number of hydrogen-bond donors (Lipinski definition) is 2. The Morgan fingerprint density at radius 1 is 1.44 bits per heavy atom. The second-order valence-corrected chi connectivity index (χ2v) is 4.91. The highest BCUT2D eigenvalue weighted by Gasteiger charge is 2.27. The second-order valence-electron chi connectivity index (χ2n) is 4.91. The monoisotopic (exact) mass is 216 g/mol. The van der Waals surface area contributed by atoms with Gasteiger partial charge in [-0.3, -0.25) is 0 Å². The van der Waals surface area contributed by atoms with Gasteiger partial charge in [0.25, 0.3) is 0 Å². The van der Waals surface area contributed by atoms with Crippen molar-refractivity contribution in [1.82, 2.24) is 0 Å². The summed E-state index contributed by atoms with van der Waals surface area (Å²) < 4.78 is 0. The Hall–Kier alpha value is -1.69. The minimum Gasteiger partial charge on any atom is -0.508 e. The number of phenols is 1. The predicted octanol–water partition coefficient (Wildman–Crippen LogP) is 2.98. The van der Waals surface area contributed by atoms with E-state index < -0.39 is 5.54 Å². The van der Waals surface area contributed by atoms with Crippen molar-refractivity contribution >= 4 is 5.69 Å². The fraction of sp³-hybridized carbons (Fsp3) is 0.462. The lowest BCUT2D eigenvalue weighted by atomic mass is 10.1. The molecule has 2 rings (SSSR count). The number of nitrogens with one attached hydrogen (secondary N) is 1. The van der Waals surface area contributed by atoms with E-state index in [1.165, 1.54) is 0 Å². The zero-order chi connectivity index (χ0) is 11.8. The van der Waals surface area contributed by atoms with Gasteiger partial charge < -0.3 is 10.4 Å². The molecule has 1 aliphatic carbocycles. The average molecular weight is 216 g/mol. The SMILES string of the molecule is CC(C)(C#N)Nc1ccc(O)c(C2CC2)c1. The third-order valence-corrected chi connectivity index (χ3v) is 2.78. The minimum absolute atomic E-state index is 0.364. The number of hydrogen-bond acceptors (Lipinski definition) is 3. The molecule has 0 unspecified atom stereocenters. The first-order valence-corrected chi connectivity index (χ1v) is 5.54. The number of nitrogens with zero attached hydrogens (tertiary/aromatic N) is 1. The Labute approximate surface area is 95.7 Å². The lowest BCUT2D eigenvalue weighted by molar-refractivity contribution is 0.468. The van der Waals surface area contributed by atoms with Crippen LogP contribution in [0.25, 0.3) is 0 Å². The summed E-state index contributed by atoms with van der Waals surface area (Å²) in [7, 11) is 0. The van der Waals surface area contributed by atoms with Gasteiger partial charge in [-0.15, -0.1) is 0 Å². The maximum absolute atomic E-state index is 9.71. The van der Waals surface area contributed by atoms with Crippen LogP contribution in [-0.4, -0.2) is 10.6 Å². The molecule has 1 aromatic carbocycles. The smallest absolute Gasteiger partial charge is 0.119 e. The molecule has 0 aromatic heterocycles. The molecule has 0 amide bonds. The number of benzene rings is 1. The van der Waals surface area contributed by atoms with Crippen LogP contribution in [0.3, 0.4) is 0 Å². The number of aromatic hydroxyl groups is 1. The summed E-state index contributed by atoms with van der Waals surface area (Å²) in [5.74, 6) is 0.870. The Morgan fingerprint density at radius 3 is 2.69 bits per heavy atom. The highest BCUT2D eigenvalue weighted by atomic mass is 16.3.